The molecule has 13 heavy (non-hydrogen) atoms. The van der Waals surface area contributed by atoms with Crippen LogP contribution in [0.2, 0.25) is 0 Å². The van der Waals surface area contributed by atoms with Gasteiger partial charge in [-0.05, 0) is 12.7 Å². The summed E-state index contributed by atoms with van der Waals surface area (Å²) in [5, 5.41) is 3.04. The fourth-order valence-corrected chi connectivity index (χ4v) is 1.44. The van der Waals surface area contributed by atoms with Crippen molar-refractivity contribution in [2.75, 3.05) is 18.6 Å². The van der Waals surface area contributed by atoms with Gasteiger partial charge in [-0.1, -0.05) is 6.92 Å². The van der Waals surface area contributed by atoms with Gasteiger partial charge in [0.2, 0.25) is 0 Å². The van der Waals surface area contributed by atoms with E-state index in [0.29, 0.717) is 0 Å². The lowest BCUT2D eigenvalue weighted by Crippen LogP contribution is -2.02. The Balaban J connectivity index is 2.93. The molecule has 0 aliphatic carbocycles. The third kappa shape index (κ3) is 2.88. The van der Waals surface area contributed by atoms with Crippen LogP contribution < -0.4 is 5.32 Å². The molecule has 1 aromatic rings. The number of aromatic nitrogens is 2. The van der Waals surface area contributed by atoms with Crippen LogP contribution in [0.25, 0.3) is 0 Å². The second-order valence-corrected chi connectivity index (χ2v) is 3.56. The molecule has 0 atom stereocenters. The Morgan fingerprint density at radius 1 is 1.46 bits per heavy atom. The van der Waals surface area contributed by atoms with E-state index in [4.69, 9.17) is 0 Å². The Morgan fingerprint density at radius 2 is 2.23 bits per heavy atom. The third-order valence-corrected chi connectivity index (χ3v) is 2.26. The van der Waals surface area contributed by atoms with E-state index in [-0.39, 0.29) is 0 Å². The highest BCUT2D eigenvalue weighted by atomic mass is 32.2. The van der Waals surface area contributed by atoms with E-state index in [0.717, 1.165) is 29.5 Å². The van der Waals surface area contributed by atoms with Crippen molar-refractivity contribution in [3.63, 3.8) is 0 Å². The topological polar surface area (TPSA) is 37.8 Å². The van der Waals surface area contributed by atoms with Crippen molar-refractivity contribution < 1.29 is 0 Å². The van der Waals surface area contributed by atoms with E-state index in [1.54, 1.807) is 11.8 Å². The van der Waals surface area contributed by atoms with Crippen molar-refractivity contribution in [1.82, 2.24) is 9.97 Å². The summed E-state index contributed by atoms with van der Waals surface area (Å²) in [5.41, 5.74) is 1.10. The molecular formula is C9H15N3S. The summed E-state index contributed by atoms with van der Waals surface area (Å²) in [6.07, 6.45) is 3.01. The normalized spacial score (nSPS) is 10.1. The average molecular weight is 197 g/mol. The van der Waals surface area contributed by atoms with Gasteiger partial charge in [-0.25, -0.2) is 9.97 Å². The fraction of sp³-hybridized carbons (Fsp3) is 0.556. The van der Waals surface area contributed by atoms with Gasteiger partial charge in [0.05, 0.1) is 5.75 Å². The molecule has 0 aromatic carbocycles. The van der Waals surface area contributed by atoms with Crippen molar-refractivity contribution >= 4 is 17.6 Å². The summed E-state index contributed by atoms with van der Waals surface area (Å²) in [6, 6.07) is 1.99. The van der Waals surface area contributed by atoms with Gasteiger partial charge in [-0.15, -0.1) is 0 Å². The van der Waals surface area contributed by atoms with Crippen molar-refractivity contribution in [2.24, 2.45) is 0 Å². The van der Waals surface area contributed by atoms with Gasteiger partial charge in [-0.2, -0.15) is 11.8 Å². The highest BCUT2D eigenvalue weighted by molar-refractivity contribution is 7.97. The number of aryl methyl sites for hydroxylation is 1. The van der Waals surface area contributed by atoms with Crippen LogP contribution in [0, 0.1) is 0 Å². The Hall–Kier alpha value is -0.770. The van der Waals surface area contributed by atoms with E-state index < -0.39 is 0 Å². The zero-order valence-corrected chi connectivity index (χ0v) is 9.11. The molecule has 1 rings (SSSR count). The molecule has 0 saturated carbocycles. The van der Waals surface area contributed by atoms with Crippen LogP contribution in [0.3, 0.4) is 0 Å². The monoisotopic (exact) mass is 197 g/mol. The smallest absolute Gasteiger partial charge is 0.140 e. The summed E-state index contributed by atoms with van der Waals surface area (Å²) in [5.74, 6) is 2.70. The highest BCUT2D eigenvalue weighted by Crippen LogP contribution is 2.10. The quantitative estimate of drug-likeness (QED) is 0.800. The first-order chi connectivity index (χ1) is 6.30. The zero-order chi connectivity index (χ0) is 9.68. The van der Waals surface area contributed by atoms with Gasteiger partial charge in [0.15, 0.2) is 0 Å². The minimum atomic E-state index is 0.878. The van der Waals surface area contributed by atoms with Crippen LogP contribution >= 0.6 is 11.8 Å². The lowest BCUT2D eigenvalue weighted by molar-refractivity contribution is 0.942. The van der Waals surface area contributed by atoms with E-state index in [1.807, 2.05) is 13.1 Å². The summed E-state index contributed by atoms with van der Waals surface area (Å²) < 4.78 is 0. The molecule has 0 aliphatic heterocycles. The van der Waals surface area contributed by atoms with Gasteiger partial charge >= 0.3 is 0 Å². The van der Waals surface area contributed by atoms with Crippen molar-refractivity contribution in [1.29, 1.82) is 0 Å². The maximum absolute atomic E-state index is 4.42. The van der Waals surface area contributed by atoms with Gasteiger partial charge in [0.25, 0.3) is 0 Å². The summed E-state index contributed by atoms with van der Waals surface area (Å²) in [4.78, 5) is 8.76. The Morgan fingerprint density at radius 3 is 2.77 bits per heavy atom. The minimum Gasteiger partial charge on any atom is -0.373 e. The third-order valence-electron chi connectivity index (χ3n) is 1.72. The van der Waals surface area contributed by atoms with Crippen LogP contribution in [-0.4, -0.2) is 23.3 Å². The largest absolute Gasteiger partial charge is 0.373 e. The molecule has 0 saturated heterocycles. The fourth-order valence-electron chi connectivity index (χ4n) is 1.06. The van der Waals surface area contributed by atoms with E-state index in [9.17, 15) is 0 Å². The summed E-state index contributed by atoms with van der Waals surface area (Å²) in [6.45, 7) is 2.10. The number of nitrogens with zero attached hydrogens (tertiary/aromatic N) is 2. The molecule has 1 aromatic heterocycles. The molecule has 1 heterocycles. The minimum absolute atomic E-state index is 0.878. The van der Waals surface area contributed by atoms with Crippen LogP contribution in [0.5, 0.6) is 0 Å². The van der Waals surface area contributed by atoms with Gasteiger partial charge < -0.3 is 5.32 Å². The Kier molecular flexibility index (Phi) is 4.02. The van der Waals surface area contributed by atoms with Gasteiger partial charge in [-0.3, -0.25) is 0 Å². The SMILES string of the molecule is CCc1cc(NC)nc(CSC)n1. The van der Waals surface area contributed by atoms with Gasteiger partial charge in [0.1, 0.15) is 11.6 Å². The molecule has 0 bridgehead atoms. The van der Waals surface area contributed by atoms with Crippen LogP contribution in [0.4, 0.5) is 5.82 Å². The standard InChI is InChI=1S/C9H15N3S/c1-4-7-5-8(10-2)12-9(11-7)6-13-3/h5H,4,6H2,1-3H3,(H,10,11,12). The number of rotatable bonds is 4. The Bertz CT molecular complexity index is 253. The molecule has 0 amide bonds. The molecule has 0 unspecified atom stereocenters. The second kappa shape index (κ2) is 5.07. The molecule has 0 radical (unpaired) electrons. The second-order valence-electron chi connectivity index (χ2n) is 2.70. The van der Waals surface area contributed by atoms with Crippen molar-refractivity contribution in [2.45, 2.75) is 19.1 Å². The van der Waals surface area contributed by atoms with E-state index >= 15 is 0 Å². The molecule has 72 valence electrons. The Labute approximate surface area is 83.4 Å². The van der Waals surface area contributed by atoms with Crippen molar-refractivity contribution in [3.05, 3.63) is 17.6 Å². The maximum atomic E-state index is 4.42. The first-order valence-electron chi connectivity index (χ1n) is 4.33. The molecule has 1 N–H and O–H groups in total. The molecule has 3 nitrogen and oxygen atoms in total. The van der Waals surface area contributed by atoms with Crippen molar-refractivity contribution in [3.8, 4) is 0 Å². The van der Waals surface area contributed by atoms with Gasteiger partial charge in [0, 0.05) is 18.8 Å². The number of anilines is 1. The highest BCUT2D eigenvalue weighted by Gasteiger charge is 2.01. The van der Waals surface area contributed by atoms with Crippen LogP contribution in [0.15, 0.2) is 6.07 Å². The average Bonchev–Trinajstić information content (AvgIpc) is 2.17. The van der Waals surface area contributed by atoms with Crippen LogP contribution in [0.1, 0.15) is 18.4 Å². The first-order valence-corrected chi connectivity index (χ1v) is 5.73. The van der Waals surface area contributed by atoms with Crippen LogP contribution in [-0.2, 0) is 12.2 Å². The lowest BCUT2D eigenvalue weighted by atomic mass is 10.3. The molecule has 4 heteroatoms. The summed E-state index contributed by atoms with van der Waals surface area (Å²) in [7, 11) is 1.88. The molecule has 0 fully saturated rings. The number of hydrogen-bond acceptors (Lipinski definition) is 4. The number of thioether (sulfide) groups is 1. The van der Waals surface area contributed by atoms with E-state index in [2.05, 4.69) is 28.5 Å². The maximum Gasteiger partial charge on any atom is 0.140 e. The molecule has 0 aliphatic rings. The molecule has 0 spiro atoms. The predicted octanol–water partition coefficient (Wildman–Crippen LogP) is 1.94. The zero-order valence-electron chi connectivity index (χ0n) is 8.29. The number of nitrogens with one attached hydrogen (secondary N) is 1. The first kappa shape index (κ1) is 10.3. The predicted molar refractivity (Wildman–Crippen MR) is 58.2 cm³/mol. The summed E-state index contributed by atoms with van der Waals surface area (Å²) >= 11 is 1.74. The molecular weight excluding hydrogens is 182 g/mol. The lowest BCUT2D eigenvalue weighted by Gasteiger charge is -2.05. The number of hydrogen-bond donors (Lipinski definition) is 1. The van der Waals surface area contributed by atoms with E-state index in [1.165, 1.54) is 0 Å².